The molecule has 134 valence electrons. The van der Waals surface area contributed by atoms with Crippen LogP contribution >= 0.6 is 11.8 Å². The second-order valence-corrected chi connectivity index (χ2v) is 8.54. The molecule has 4 nitrogen and oxygen atoms in total. The molecule has 2 saturated heterocycles. The van der Waals surface area contributed by atoms with Crippen LogP contribution in [0.25, 0.3) is 0 Å². The average Bonchev–Trinajstić information content (AvgIpc) is 3.33. The van der Waals surface area contributed by atoms with Crippen molar-refractivity contribution >= 4 is 23.6 Å². The van der Waals surface area contributed by atoms with E-state index >= 15 is 0 Å². The van der Waals surface area contributed by atoms with E-state index in [0.29, 0.717) is 12.3 Å². The number of hydrogen-bond acceptors (Lipinski definition) is 3. The maximum absolute atomic E-state index is 12.9. The fourth-order valence-electron chi connectivity index (χ4n) is 4.43. The van der Waals surface area contributed by atoms with E-state index in [1.807, 2.05) is 9.80 Å². The number of carbonyl (C=O) groups excluding carboxylic acids is 2. The van der Waals surface area contributed by atoms with Crippen LogP contribution in [0.5, 0.6) is 0 Å². The van der Waals surface area contributed by atoms with Crippen LogP contribution in [-0.4, -0.2) is 52.4 Å². The molecule has 0 saturated carbocycles. The summed E-state index contributed by atoms with van der Waals surface area (Å²) >= 11 is 1.80. The molecule has 1 aromatic rings. The minimum atomic E-state index is -0.206. The predicted molar refractivity (Wildman–Crippen MR) is 100 cm³/mol. The summed E-state index contributed by atoms with van der Waals surface area (Å²) in [5.74, 6) is 2.59. The second kappa shape index (κ2) is 7.40. The van der Waals surface area contributed by atoms with Gasteiger partial charge >= 0.3 is 0 Å². The summed E-state index contributed by atoms with van der Waals surface area (Å²) in [6.45, 7) is 1.58. The van der Waals surface area contributed by atoms with E-state index in [-0.39, 0.29) is 17.9 Å². The van der Waals surface area contributed by atoms with E-state index in [1.54, 1.807) is 11.8 Å². The van der Waals surface area contributed by atoms with Gasteiger partial charge in [0.15, 0.2) is 0 Å². The van der Waals surface area contributed by atoms with Crippen molar-refractivity contribution in [2.75, 3.05) is 24.7 Å². The molecule has 2 heterocycles. The van der Waals surface area contributed by atoms with Crippen LogP contribution in [0.15, 0.2) is 24.3 Å². The Balaban J connectivity index is 1.38. The Morgan fingerprint density at radius 3 is 2.76 bits per heavy atom. The largest absolute Gasteiger partial charge is 0.331 e. The number of likely N-dealkylation sites (tertiary alicyclic amines) is 1. The van der Waals surface area contributed by atoms with Crippen LogP contribution in [0.1, 0.15) is 36.8 Å². The maximum atomic E-state index is 12.9. The monoisotopic (exact) mass is 358 g/mol. The first kappa shape index (κ1) is 17.0. The molecule has 1 aromatic carbocycles. The summed E-state index contributed by atoms with van der Waals surface area (Å²) in [5.41, 5.74) is 2.83. The predicted octanol–water partition coefficient (Wildman–Crippen LogP) is 2.71. The van der Waals surface area contributed by atoms with Crippen molar-refractivity contribution in [1.29, 1.82) is 0 Å². The van der Waals surface area contributed by atoms with Gasteiger partial charge in [0.1, 0.15) is 6.04 Å². The molecular formula is C20H26N2O2S. The van der Waals surface area contributed by atoms with Gasteiger partial charge in [0.2, 0.25) is 11.8 Å². The molecule has 2 aliphatic heterocycles. The van der Waals surface area contributed by atoms with Crippen molar-refractivity contribution in [2.24, 2.45) is 5.92 Å². The third-order valence-corrected chi connectivity index (χ3v) is 6.80. The highest BCUT2D eigenvalue weighted by Crippen LogP contribution is 2.30. The van der Waals surface area contributed by atoms with Crippen LogP contribution in [0.4, 0.5) is 0 Å². The van der Waals surface area contributed by atoms with Gasteiger partial charge in [-0.25, -0.2) is 0 Å². The minimum Gasteiger partial charge on any atom is -0.331 e. The lowest BCUT2D eigenvalue weighted by Crippen LogP contribution is -2.47. The molecule has 0 N–H and O–H groups in total. The van der Waals surface area contributed by atoms with E-state index in [9.17, 15) is 9.59 Å². The SMILES string of the molecule is O=C([C@@H]1CCCN1C(=O)C[C@@H]1CCc2ccccc2C1)N1CCSC1. The number of carbonyl (C=O) groups is 2. The molecule has 2 atom stereocenters. The zero-order chi connectivity index (χ0) is 17.2. The van der Waals surface area contributed by atoms with Crippen molar-refractivity contribution in [3.05, 3.63) is 35.4 Å². The zero-order valence-corrected chi connectivity index (χ0v) is 15.5. The van der Waals surface area contributed by atoms with Gasteiger partial charge in [-0.3, -0.25) is 9.59 Å². The van der Waals surface area contributed by atoms with Crippen LogP contribution in [0.3, 0.4) is 0 Å². The summed E-state index contributed by atoms with van der Waals surface area (Å²) in [6.07, 6.45) is 5.53. The van der Waals surface area contributed by atoms with Gasteiger partial charge in [-0.2, -0.15) is 0 Å². The Bertz CT molecular complexity index is 657. The Hall–Kier alpha value is -1.49. The zero-order valence-electron chi connectivity index (χ0n) is 14.7. The molecule has 0 spiro atoms. The number of aryl methyl sites for hydroxylation is 1. The van der Waals surface area contributed by atoms with Gasteiger partial charge < -0.3 is 9.80 Å². The third-order valence-electron chi connectivity index (χ3n) is 5.83. The first-order valence-electron chi connectivity index (χ1n) is 9.45. The number of nitrogens with zero attached hydrogens (tertiary/aromatic N) is 2. The van der Waals surface area contributed by atoms with Crippen molar-refractivity contribution in [3.8, 4) is 0 Å². The summed E-state index contributed by atoms with van der Waals surface area (Å²) in [6, 6.07) is 8.38. The van der Waals surface area contributed by atoms with Gasteiger partial charge in [-0.1, -0.05) is 24.3 Å². The van der Waals surface area contributed by atoms with Crippen molar-refractivity contribution in [1.82, 2.24) is 9.80 Å². The van der Waals surface area contributed by atoms with Crippen LogP contribution in [0, 0.1) is 5.92 Å². The normalized spacial score (nSPS) is 25.9. The third kappa shape index (κ3) is 3.57. The Morgan fingerprint density at radius 1 is 1.12 bits per heavy atom. The highest BCUT2D eigenvalue weighted by Gasteiger charge is 2.37. The number of thioether (sulfide) groups is 1. The number of amides is 2. The van der Waals surface area contributed by atoms with Gasteiger partial charge in [0.25, 0.3) is 0 Å². The molecule has 3 aliphatic rings. The Labute approximate surface area is 153 Å². The topological polar surface area (TPSA) is 40.6 Å². The number of hydrogen-bond donors (Lipinski definition) is 0. The van der Waals surface area contributed by atoms with Gasteiger partial charge in [-0.15, -0.1) is 11.8 Å². The Kier molecular flexibility index (Phi) is 5.02. The summed E-state index contributed by atoms with van der Waals surface area (Å²) in [5, 5.41) is 0. The van der Waals surface area contributed by atoms with E-state index in [2.05, 4.69) is 24.3 Å². The van der Waals surface area contributed by atoms with Gasteiger partial charge in [0.05, 0.1) is 5.88 Å². The lowest BCUT2D eigenvalue weighted by molar-refractivity contribution is -0.143. The first-order valence-corrected chi connectivity index (χ1v) is 10.6. The summed E-state index contributed by atoms with van der Waals surface area (Å²) in [7, 11) is 0. The van der Waals surface area contributed by atoms with Gasteiger partial charge in [0, 0.05) is 25.3 Å². The molecule has 0 radical (unpaired) electrons. The number of benzene rings is 1. The molecule has 5 heteroatoms. The molecule has 4 rings (SSSR count). The highest BCUT2D eigenvalue weighted by atomic mass is 32.2. The lowest BCUT2D eigenvalue weighted by atomic mass is 9.82. The molecular weight excluding hydrogens is 332 g/mol. The lowest BCUT2D eigenvalue weighted by Gasteiger charge is -2.30. The summed E-state index contributed by atoms with van der Waals surface area (Å²) in [4.78, 5) is 29.5. The van der Waals surface area contributed by atoms with Gasteiger partial charge in [-0.05, 0) is 49.1 Å². The minimum absolute atomic E-state index is 0.171. The van der Waals surface area contributed by atoms with Crippen molar-refractivity contribution in [2.45, 2.75) is 44.6 Å². The van der Waals surface area contributed by atoms with E-state index < -0.39 is 0 Å². The van der Waals surface area contributed by atoms with Crippen LogP contribution in [0.2, 0.25) is 0 Å². The van der Waals surface area contributed by atoms with E-state index in [1.165, 1.54) is 11.1 Å². The fourth-order valence-corrected chi connectivity index (χ4v) is 5.39. The molecule has 2 fully saturated rings. The molecule has 0 unspecified atom stereocenters. The average molecular weight is 359 g/mol. The van der Waals surface area contributed by atoms with E-state index in [0.717, 1.165) is 56.8 Å². The highest BCUT2D eigenvalue weighted by molar-refractivity contribution is 7.99. The summed E-state index contributed by atoms with van der Waals surface area (Å²) < 4.78 is 0. The first-order chi connectivity index (χ1) is 12.2. The standard InChI is InChI=1S/C20H26N2O2S/c23-19(13-15-7-8-16-4-1-2-5-17(16)12-15)22-9-3-6-18(22)20(24)21-10-11-25-14-21/h1-2,4-5,15,18H,3,6-14H2/t15-,18+/m1/s1. The number of fused-ring (bicyclic) bond motifs is 1. The second-order valence-electron chi connectivity index (χ2n) is 7.47. The van der Waals surface area contributed by atoms with E-state index in [4.69, 9.17) is 0 Å². The smallest absolute Gasteiger partial charge is 0.246 e. The van der Waals surface area contributed by atoms with Crippen LogP contribution in [-0.2, 0) is 22.4 Å². The quantitative estimate of drug-likeness (QED) is 0.834. The molecule has 0 aromatic heterocycles. The Morgan fingerprint density at radius 2 is 1.96 bits per heavy atom. The van der Waals surface area contributed by atoms with Crippen molar-refractivity contribution in [3.63, 3.8) is 0 Å². The molecule has 25 heavy (non-hydrogen) atoms. The molecule has 0 bridgehead atoms. The maximum Gasteiger partial charge on any atom is 0.246 e. The van der Waals surface area contributed by atoms with Crippen LogP contribution < -0.4 is 0 Å². The van der Waals surface area contributed by atoms with Crippen molar-refractivity contribution < 1.29 is 9.59 Å². The molecule has 1 aliphatic carbocycles. The number of rotatable bonds is 3. The fraction of sp³-hybridized carbons (Fsp3) is 0.600. The molecule has 2 amide bonds.